The predicted molar refractivity (Wildman–Crippen MR) is 139 cm³/mol. The van der Waals surface area contributed by atoms with Gasteiger partial charge in [0.1, 0.15) is 12.6 Å². The average Bonchev–Trinajstić information content (AvgIpc) is 2.83. The minimum Gasteiger partial charge on any atom is -0.482 e. The Labute approximate surface area is 209 Å². The van der Waals surface area contributed by atoms with Gasteiger partial charge in [0, 0.05) is 6.54 Å². The molecule has 1 saturated carbocycles. The van der Waals surface area contributed by atoms with E-state index in [0.717, 1.165) is 31.2 Å². The van der Waals surface area contributed by atoms with Crippen molar-refractivity contribution in [3.63, 3.8) is 0 Å². The first-order valence-corrected chi connectivity index (χ1v) is 12.8. The highest BCUT2D eigenvalue weighted by atomic mass is 16.5. The maximum Gasteiger partial charge on any atom is 0.289 e. The number of nitrogens with one attached hydrogen (secondary N) is 1. The molecule has 5 heteroatoms. The highest BCUT2D eigenvalue weighted by Gasteiger charge is 2.46. The van der Waals surface area contributed by atoms with Crippen LogP contribution in [0.5, 0.6) is 0 Å². The largest absolute Gasteiger partial charge is 0.482 e. The summed E-state index contributed by atoms with van der Waals surface area (Å²) in [4.78, 5) is 28.3. The lowest BCUT2D eigenvalue weighted by Crippen LogP contribution is -2.58. The molecule has 1 N–H and O–H groups in total. The lowest BCUT2D eigenvalue weighted by molar-refractivity contribution is -0.154. The molecular weight excluding hydrogens is 436 g/mol. The molecule has 2 fully saturated rings. The monoisotopic (exact) mass is 474 g/mol. The summed E-state index contributed by atoms with van der Waals surface area (Å²) >= 11 is 0. The molecule has 4 rings (SSSR count). The van der Waals surface area contributed by atoms with Gasteiger partial charge in [-0.05, 0) is 61.1 Å². The molecule has 0 spiro atoms. The second kappa shape index (κ2) is 10.7. The van der Waals surface area contributed by atoms with Crippen LogP contribution in [0.25, 0.3) is 6.08 Å². The number of hydrogen-bond acceptors (Lipinski definition) is 3. The molecule has 1 aliphatic carbocycles. The van der Waals surface area contributed by atoms with Crippen molar-refractivity contribution in [1.29, 1.82) is 0 Å². The summed E-state index contributed by atoms with van der Waals surface area (Å²) in [6.07, 6.45) is 5.29. The van der Waals surface area contributed by atoms with Crippen molar-refractivity contribution in [2.24, 2.45) is 11.3 Å². The SMILES string of the molecule is Cc1ccc(CCNC(=O)CN2C(=O)/C(=C/c3ccccc3)OC3CCC(C(C)(C)C)CC32)cc1. The summed E-state index contributed by atoms with van der Waals surface area (Å²) in [6.45, 7) is 9.44. The third-order valence-corrected chi connectivity index (χ3v) is 7.40. The van der Waals surface area contributed by atoms with Gasteiger partial charge < -0.3 is 15.0 Å². The Morgan fingerprint density at radius 2 is 1.80 bits per heavy atom. The molecule has 0 aromatic heterocycles. The molecule has 0 radical (unpaired) electrons. The molecular formula is C30H38N2O3. The molecule has 1 saturated heterocycles. The van der Waals surface area contributed by atoms with Crippen molar-refractivity contribution in [2.75, 3.05) is 13.1 Å². The first kappa shape index (κ1) is 25.0. The summed E-state index contributed by atoms with van der Waals surface area (Å²) in [5, 5.41) is 3.02. The molecule has 1 heterocycles. The predicted octanol–water partition coefficient (Wildman–Crippen LogP) is 5.14. The number of hydrogen-bond donors (Lipinski definition) is 1. The van der Waals surface area contributed by atoms with E-state index in [9.17, 15) is 9.59 Å². The van der Waals surface area contributed by atoms with Crippen LogP contribution in [0.3, 0.4) is 0 Å². The molecule has 2 aromatic carbocycles. The van der Waals surface area contributed by atoms with Crippen LogP contribution in [0.2, 0.25) is 0 Å². The van der Waals surface area contributed by atoms with E-state index in [1.807, 2.05) is 30.3 Å². The molecule has 35 heavy (non-hydrogen) atoms. The van der Waals surface area contributed by atoms with Crippen LogP contribution in [0.4, 0.5) is 0 Å². The van der Waals surface area contributed by atoms with Crippen molar-refractivity contribution < 1.29 is 14.3 Å². The van der Waals surface area contributed by atoms with E-state index < -0.39 is 0 Å². The Hall–Kier alpha value is -3.08. The van der Waals surface area contributed by atoms with Crippen molar-refractivity contribution in [2.45, 2.75) is 65.5 Å². The Morgan fingerprint density at radius 1 is 1.09 bits per heavy atom. The third-order valence-electron chi connectivity index (χ3n) is 7.40. The number of morpholine rings is 1. The van der Waals surface area contributed by atoms with Crippen molar-refractivity contribution in [1.82, 2.24) is 10.2 Å². The first-order valence-electron chi connectivity index (χ1n) is 12.8. The molecule has 3 unspecified atom stereocenters. The Balaban J connectivity index is 1.48. The van der Waals surface area contributed by atoms with Gasteiger partial charge in [0.2, 0.25) is 5.91 Å². The van der Waals surface area contributed by atoms with Crippen molar-refractivity contribution >= 4 is 17.9 Å². The van der Waals surface area contributed by atoms with E-state index in [4.69, 9.17) is 4.74 Å². The average molecular weight is 475 g/mol. The maximum absolute atomic E-state index is 13.6. The second-order valence-electron chi connectivity index (χ2n) is 11.0. The zero-order valence-electron chi connectivity index (χ0n) is 21.4. The summed E-state index contributed by atoms with van der Waals surface area (Å²) in [7, 11) is 0. The van der Waals surface area contributed by atoms with Gasteiger partial charge in [-0.1, -0.05) is 80.9 Å². The van der Waals surface area contributed by atoms with Gasteiger partial charge in [-0.25, -0.2) is 0 Å². The molecule has 186 valence electrons. The van der Waals surface area contributed by atoms with E-state index in [-0.39, 0.29) is 35.9 Å². The Kier molecular flexibility index (Phi) is 7.63. The lowest BCUT2D eigenvalue weighted by atomic mass is 9.69. The first-order chi connectivity index (χ1) is 16.7. The number of aryl methyl sites for hydroxylation is 1. The normalized spacial score (nSPS) is 23.5. The van der Waals surface area contributed by atoms with E-state index in [2.05, 4.69) is 57.3 Å². The zero-order chi connectivity index (χ0) is 25.0. The van der Waals surface area contributed by atoms with E-state index in [1.54, 1.807) is 11.0 Å². The number of carbonyl (C=O) groups excluding carboxylic acids is 2. The van der Waals surface area contributed by atoms with Crippen LogP contribution in [0, 0.1) is 18.3 Å². The Morgan fingerprint density at radius 3 is 2.49 bits per heavy atom. The van der Waals surface area contributed by atoms with Gasteiger partial charge in [0.15, 0.2) is 5.76 Å². The summed E-state index contributed by atoms with van der Waals surface area (Å²) in [5.41, 5.74) is 3.47. The van der Waals surface area contributed by atoms with Crippen LogP contribution >= 0.6 is 0 Å². The Bertz CT molecular complexity index is 1050. The zero-order valence-corrected chi connectivity index (χ0v) is 21.4. The minimum atomic E-state index is -0.196. The van der Waals surface area contributed by atoms with Gasteiger partial charge >= 0.3 is 0 Å². The number of rotatable bonds is 6. The highest BCUT2D eigenvalue weighted by Crippen LogP contribution is 2.42. The number of amides is 2. The minimum absolute atomic E-state index is 0.0558. The third kappa shape index (κ3) is 6.33. The summed E-state index contributed by atoms with van der Waals surface area (Å²) < 4.78 is 6.27. The van der Waals surface area contributed by atoms with Gasteiger partial charge in [-0.2, -0.15) is 0 Å². The fraction of sp³-hybridized carbons (Fsp3) is 0.467. The summed E-state index contributed by atoms with van der Waals surface area (Å²) in [5.74, 6) is 0.493. The van der Waals surface area contributed by atoms with Gasteiger partial charge in [0.05, 0.1) is 6.04 Å². The van der Waals surface area contributed by atoms with Crippen LogP contribution in [-0.2, 0) is 20.7 Å². The van der Waals surface area contributed by atoms with Gasteiger partial charge in [-0.3, -0.25) is 9.59 Å². The van der Waals surface area contributed by atoms with Crippen molar-refractivity contribution in [3.8, 4) is 0 Å². The fourth-order valence-electron chi connectivity index (χ4n) is 5.17. The smallest absolute Gasteiger partial charge is 0.289 e. The molecule has 5 nitrogen and oxygen atoms in total. The highest BCUT2D eigenvalue weighted by molar-refractivity contribution is 5.98. The molecule has 2 aliphatic rings. The molecule has 0 bridgehead atoms. The molecule has 3 atom stereocenters. The lowest BCUT2D eigenvalue weighted by Gasteiger charge is -2.48. The van der Waals surface area contributed by atoms with Crippen LogP contribution < -0.4 is 5.32 Å². The molecule has 1 aliphatic heterocycles. The number of fused-ring (bicyclic) bond motifs is 1. The number of ether oxygens (including phenoxy) is 1. The fourth-order valence-corrected chi connectivity index (χ4v) is 5.17. The van der Waals surface area contributed by atoms with Gasteiger partial charge in [0.25, 0.3) is 5.91 Å². The second-order valence-corrected chi connectivity index (χ2v) is 11.0. The number of nitrogens with zero attached hydrogens (tertiary/aromatic N) is 1. The molecule has 2 aromatic rings. The van der Waals surface area contributed by atoms with Crippen LogP contribution in [0.1, 0.15) is 56.7 Å². The standard InChI is InChI=1S/C30H38N2O3/c1-21-10-12-22(13-11-21)16-17-31-28(33)20-32-25-19-24(30(2,3)4)14-15-26(25)35-27(29(32)34)18-23-8-6-5-7-9-23/h5-13,18,24-26H,14-17,19-20H2,1-4H3,(H,31,33)/b27-18-. The van der Waals surface area contributed by atoms with E-state index >= 15 is 0 Å². The van der Waals surface area contributed by atoms with E-state index in [1.165, 1.54) is 11.1 Å². The maximum atomic E-state index is 13.6. The van der Waals surface area contributed by atoms with Crippen LogP contribution in [0.15, 0.2) is 60.4 Å². The van der Waals surface area contributed by atoms with Crippen molar-refractivity contribution in [3.05, 3.63) is 77.0 Å². The summed E-state index contributed by atoms with van der Waals surface area (Å²) in [6, 6.07) is 18.0. The van der Waals surface area contributed by atoms with Crippen LogP contribution in [-0.4, -0.2) is 41.9 Å². The number of carbonyl (C=O) groups is 2. The van der Waals surface area contributed by atoms with Gasteiger partial charge in [-0.15, -0.1) is 0 Å². The van der Waals surface area contributed by atoms with E-state index in [0.29, 0.717) is 18.2 Å². The number of benzene rings is 2. The topological polar surface area (TPSA) is 58.6 Å². The molecule has 2 amide bonds. The quantitative estimate of drug-likeness (QED) is 0.590.